The van der Waals surface area contributed by atoms with Crippen molar-refractivity contribution in [2.75, 3.05) is 34.0 Å². The third-order valence-corrected chi connectivity index (χ3v) is 8.53. The summed E-state index contributed by atoms with van der Waals surface area (Å²) in [5.41, 5.74) is 12.8. The van der Waals surface area contributed by atoms with Gasteiger partial charge < -0.3 is 24.8 Å². The van der Waals surface area contributed by atoms with Gasteiger partial charge in [0.05, 0.1) is 20.8 Å². The summed E-state index contributed by atoms with van der Waals surface area (Å²) in [6.07, 6.45) is -2.08. The van der Waals surface area contributed by atoms with E-state index < -0.39 is 35.8 Å². The third kappa shape index (κ3) is 9.70. The normalized spacial score (nSPS) is 13.1. The van der Waals surface area contributed by atoms with Crippen molar-refractivity contribution in [3.63, 3.8) is 0 Å². The van der Waals surface area contributed by atoms with Crippen molar-refractivity contribution >= 4 is 24.2 Å². The van der Waals surface area contributed by atoms with Crippen LogP contribution in [0.1, 0.15) is 54.9 Å². The summed E-state index contributed by atoms with van der Waals surface area (Å²) in [5, 5.41) is 4.93. The number of ether oxygens (including phenoxy) is 3. The highest BCUT2D eigenvalue weighted by molar-refractivity contribution is 5.86. The monoisotopic (exact) mass is 724 g/mol. The molecule has 0 aromatic heterocycles. The smallest absolute Gasteiger partial charge is 0.431 e. The minimum atomic E-state index is -1.13. The lowest BCUT2D eigenvalue weighted by Crippen LogP contribution is -2.53. The number of hydrogen-bond donors (Lipinski definition) is 4. The van der Waals surface area contributed by atoms with Gasteiger partial charge in [0.2, 0.25) is 0 Å². The predicted molar refractivity (Wildman–Crippen MR) is 197 cm³/mol. The summed E-state index contributed by atoms with van der Waals surface area (Å²) in [7, 11) is 2.64. The summed E-state index contributed by atoms with van der Waals surface area (Å²) in [6, 6.07) is 31.3. The molecule has 4 amide bonds. The summed E-state index contributed by atoms with van der Waals surface area (Å²) in [6.45, 7) is 5.33. The maximum absolute atomic E-state index is 12.5. The highest BCUT2D eigenvalue weighted by atomic mass is 16.7. The minimum Gasteiger partial charge on any atom is -0.449 e. The van der Waals surface area contributed by atoms with Crippen LogP contribution in [0.25, 0.3) is 22.3 Å². The molecule has 0 fully saturated rings. The van der Waals surface area contributed by atoms with Crippen molar-refractivity contribution in [1.29, 1.82) is 0 Å². The Balaban J connectivity index is 0.000000230. The number of carbonyl (C=O) groups excluding carboxylic acids is 4. The Labute approximate surface area is 308 Å². The van der Waals surface area contributed by atoms with E-state index in [-0.39, 0.29) is 25.0 Å². The van der Waals surface area contributed by atoms with E-state index in [9.17, 15) is 19.2 Å². The molecule has 0 saturated heterocycles. The van der Waals surface area contributed by atoms with E-state index in [1.807, 2.05) is 72.8 Å². The average Bonchev–Trinajstić information content (AvgIpc) is 3.63. The van der Waals surface area contributed by atoms with Crippen LogP contribution in [0, 0.1) is 0 Å². The van der Waals surface area contributed by atoms with Crippen molar-refractivity contribution in [2.45, 2.75) is 44.2 Å². The fraction of sp³-hybridized carbons (Fsp3) is 0.300. The van der Waals surface area contributed by atoms with E-state index in [1.54, 1.807) is 20.8 Å². The van der Waals surface area contributed by atoms with E-state index >= 15 is 0 Å². The van der Waals surface area contributed by atoms with E-state index in [2.05, 4.69) is 55.5 Å². The van der Waals surface area contributed by atoms with Crippen molar-refractivity contribution < 1.29 is 43.1 Å². The molecule has 4 aromatic rings. The van der Waals surface area contributed by atoms with E-state index in [1.165, 1.54) is 36.5 Å². The second-order valence-corrected chi connectivity index (χ2v) is 13.2. The lowest BCUT2D eigenvalue weighted by Gasteiger charge is -2.22. The number of alkyl carbamates (subject to hydrolysis) is 2. The first-order valence-electron chi connectivity index (χ1n) is 17.1. The zero-order chi connectivity index (χ0) is 38.0. The van der Waals surface area contributed by atoms with Crippen molar-refractivity contribution in [3.8, 4) is 22.3 Å². The van der Waals surface area contributed by atoms with Gasteiger partial charge in [0.15, 0.2) is 0 Å². The van der Waals surface area contributed by atoms with Gasteiger partial charge in [-0.1, -0.05) is 97.1 Å². The number of hydroxylamine groups is 2. The molecule has 2 aliphatic carbocycles. The second-order valence-electron chi connectivity index (χ2n) is 13.2. The van der Waals surface area contributed by atoms with Gasteiger partial charge in [0, 0.05) is 11.8 Å². The molecule has 6 rings (SSSR count). The molecule has 0 heterocycles. The summed E-state index contributed by atoms with van der Waals surface area (Å²) in [5.74, 6) is -0.693. The zero-order valence-corrected chi connectivity index (χ0v) is 30.3. The Morgan fingerprint density at radius 2 is 0.981 bits per heavy atom. The van der Waals surface area contributed by atoms with Gasteiger partial charge >= 0.3 is 18.3 Å². The molecule has 4 N–H and O–H groups in total. The van der Waals surface area contributed by atoms with E-state index in [4.69, 9.17) is 14.2 Å². The number of rotatable bonds is 10. The van der Waals surface area contributed by atoms with Crippen LogP contribution in [-0.2, 0) is 28.7 Å². The Bertz CT molecular complexity index is 1840. The third-order valence-electron chi connectivity index (χ3n) is 8.53. The number of carbonyl (C=O) groups is 4. The minimum absolute atomic E-state index is 0.0741. The first-order chi connectivity index (χ1) is 25.5. The van der Waals surface area contributed by atoms with Crippen LogP contribution in [0.3, 0.4) is 0 Å². The number of fused-ring (bicyclic) bond motifs is 6. The van der Waals surface area contributed by atoms with Gasteiger partial charge in [0.1, 0.15) is 24.9 Å². The molecule has 2 aliphatic rings. The predicted octanol–water partition coefficient (Wildman–Crippen LogP) is 6.18. The Morgan fingerprint density at radius 3 is 1.38 bits per heavy atom. The highest BCUT2D eigenvalue weighted by Gasteiger charge is 2.31. The lowest BCUT2D eigenvalue weighted by atomic mass is 9.98. The summed E-state index contributed by atoms with van der Waals surface area (Å²) >= 11 is 0. The standard InChI is InChI=1S/C24H29N3O6.C16H15NO3/c1-24(2,3)33-22(29)25-13-20(21(28)27-31-4)26-23(30)32-14-19-17-11-7-5-9-15(17)16-10-6-8-12-18(16)19;1-19-17-16(18)20-10-15-13-8-4-2-6-11(13)12-7-3-5-9-14(12)15/h5-12,19-20H,13-14H2,1-4H3,(H,25,29)(H,26,30)(H,27,28);2-9,15H,10H2,1H3,(H,17,18)/t20-;/m1./s1. The van der Waals surface area contributed by atoms with Crippen molar-refractivity contribution in [2.24, 2.45) is 0 Å². The fourth-order valence-corrected chi connectivity index (χ4v) is 6.37. The van der Waals surface area contributed by atoms with Crippen LogP contribution < -0.4 is 21.6 Å². The topological polar surface area (TPSA) is 163 Å². The lowest BCUT2D eigenvalue weighted by molar-refractivity contribution is -0.133. The molecule has 53 heavy (non-hydrogen) atoms. The number of amides is 4. The molecule has 0 radical (unpaired) electrons. The van der Waals surface area contributed by atoms with Crippen molar-refractivity contribution in [1.82, 2.24) is 21.6 Å². The van der Waals surface area contributed by atoms with Crippen molar-refractivity contribution in [3.05, 3.63) is 119 Å². The second kappa shape index (κ2) is 17.5. The molecule has 4 aromatic carbocycles. The largest absolute Gasteiger partial charge is 0.449 e. The Morgan fingerprint density at radius 1 is 0.585 bits per heavy atom. The molecule has 0 spiro atoms. The molecular formula is C40H44N4O9. The quantitative estimate of drug-likeness (QED) is 0.111. The molecule has 0 aliphatic heterocycles. The molecule has 13 nitrogen and oxygen atoms in total. The average molecular weight is 725 g/mol. The van der Waals surface area contributed by atoms with Crippen LogP contribution in [0.2, 0.25) is 0 Å². The SMILES string of the molecule is CONC(=O)OCC1c2ccccc2-c2ccccc21.CONC(=O)[C@@H](CNC(=O)OC(C)(C)C)NC(=O)OCC1c2ccccc2-c2ccccc21. The van der Waals surface area contributed by atoms with Gasteiger partial charge in [-0.3, -0.25) is 14.5 Å². The van der Waals surface area contributed by atoms with E-state index in [0.29, 0.717) is 6.61 Å². The zero-order valence-electron chi connectivity index (χ0n) is 30.3. The maximum atomic E-state index is 12.5. The summed E-state index contributed by atoms with van der Waals surface area (Å²) < 4.78 is 15.8. The molecule has 0 bridgehead atoms. The fourth-order valence-electron chi connectivity index (χ4n) is 6.37. The summed E-state index contributed by atoms with van der Waals surface area (Å²) in [4.78, 5) is 57.2. The van der Waals surface area contributed by atoms with E-state index in [0.717, 1.165) is 22.3 Å². The van der Waals surface area contributed by atoms with Crippen LogP contribution in [0.15, 0.2) is 97.1 Å². The van der Waals surface area contributed by atoms with Gasteiger partial charge in [0.25, 0.3) is 5.91 Å². The first-order valence-corrected chi connectivity index (χ1v) is 17.1. The number of hydrogen-bond acceptors (Lipinski definition) is 9. The Kier molecular flexibility index (Phi) is 12.7. The molecule has 13 heteroatoms. The van der Waals surface area contributed by atoms with Gasteiger partial charge in [-0.05, 0) is 65.3 Å². The van der Waals surface area contributed by atoms with Crippen LogP contribution >= 0.6 is 0 Å². The van der Waals surface area contributed by atoms with Gasteiger partial charge in [-0.2, -0.15) is 5.48 Å². The van der Waals surface area contributed by atoms with Gasteiger partial charge in [-0.15, -0.1) is 0 Å². The first kappa shape index (κ1) is 38.3. The molecule has 1 atom stereocenters. The molecular weight excluding hydrogens is 680 g/mol. The van der Waals surface area contributed by atoms with Crippen LogP contribution in [0.4, 0.5) is 14.4 Å². The molecule has 278 valence electrons. The van der Waals surface area contributed by atoms with Gasteiger partial charge in [-0.25, -0.2) is 19.9 Å². The molecule has 0 unspecified atom stereocenters. The van der Waals surface area contributed by atoms with Crippen LogP contribution in [0.5, 0.6) is 0 Å². The Hall–Kier alpha value is -5.92. The molecule has 0 saturated carbocycles. The highest BCUT2D eigenvalue weighted by Crippen LogP contribution is 2.45. The number of nitrogens with one attached hydrogen (secondary N) is 4. The maximum Gasteiger partial charge on any atom is 0.431 e. The number of benzene rings is 4. The van der Waals surface area contributed by atoms with Crippen LogP contribution in [-0.4, -0.2) is 69.8 Å².